The molecule has 0 aliphatic heterocycles. The average Bonchev–Trinajstić information content (AvgIpc) is 2.83. The van der Waals surface area contributed by atoms with Crippen molar-refractivity contribution in [3.63, 3.8) is 0 Å². The van der Waals surface area contributed by atoms with Gasteiger partial charge in [0.05, 0.1) is 11.9 Å². The molecule has 6 heteroatoms. The van der Waals surface area contributed by atoms with Crippen LogP contribution in [0.1, 0.15) is 5.69 Å². The van der Waals surface area contributed by atoms with Gasteiger partial charge in [-0.05, 0) is 19.1 Å². The maximum atomic E-state index is 5.83. The molecule has 0 radical (unpaired) electrons. The third kappa shape index (κ3) is 1.37. The normalized spacial score (nSPS) is 11.1. The van der Waals surface area contributed by atoms with E-state index in [2.05, 4.69) is 15.2 Å². The molecule has 3 aromatic heterocycles. The Kier molecular flexibility index (Phi) is 1.94. The van der Waals surface area contributed by atoms with E-state index < -0.39 is 0 Å². The lowest BCUT2D eigenvalue weighted by Gasteiger charge is -1.96. The van der Waals surface area contributed by atoms with E-state index in [9.17, 15) is 0 Å². The second-order valence-electron chi connectivity index (χ2n) is 3.40. The number of aromatic nitrogens is 4. The molecule has 80 valence electrons. The molecule has 5 nitrogen and oxygen atoms in total. The Morgan fingerprint density at radius 1 is 1.38 bits per heavy atom. The summed E-state index contributed by atoms with van der Waals surface area (Å²) in [5, 5.41) is 8.38. The fourth-order valence-corrected chi connectivity index (χ4v) is 1.64. The first-order valence-electron chi connectivity index (χ1n) is 4.68. The third-order valence-corrected chi connectivity index (χ3v) is 2.41. The minimum atomic E-state index is 0.406. The van der Waals surface area contributed by atoms with E-state index in [0.717, 1.165) is 11.4 Å². The highest BCUT2D eigenvalue weighted by Gasteiger charge is 2.11. The molecular formula is C10H7ClN4O. The van der Waals surface area contributed by atoms with Crippen LogP contribution in [0.2, 0.25) is 5.15 Å². The van der Waals surface area contributed by atoms with E-state index >= 15 is 0 Å². The van der Waals surface area contributed by atoms with Gasteiger partial charge in [0.25, 0.3) is 0 Å². The highest BCUT2D eigenvalue weighted by Crippen LogP contribution is 2.21. The van der Waals surface area contributed by atoms with Crippen molar-refractivity contribution >= 4 is 17.2 Å². The molecule has 3 aromatic rings. The lowest BCUT2D eigenvalue weighted by atomic mass is 10.3. The molecule has 0 bridgehead atoms. The zero-order valence-electron chi connectivity index (χ0n) is 8.38. The van der Waals surface area contributed by atoms with Crippen molar-refractivity contribution in [3.8, 4) is 11.5 Å². The summed E-state index contributed by atoms with van der Waals surface area (Å²) in [5.74, 6) is 0.625. The molecule has 0 N–H and O–H groups in total. The highest BCUT2D eigenvalue weighted by atomic mass is 35.5. The molecule has 0 unspecified atom stereocenters. The predicted molar refractivity (Wildman–Crippen MR) is 58.2 cm³/mol. The van der Waals surface area contributed by atoms with Crippen LogP contribution >= 0.6 is 11.6 Å². The molecule has 0 aliphatic carbocycles. The topological polar surface area (TPSA) is 56.2 Å². The molecule has 16 heavy (non-hydrogen) atoms. The van der Waals surface area contributed by atoms with Gasteiger partial charge in [-0.25, -0.2) is 9.50 Å². The SMILES string of the molecule is Cc1cc(-c2cnc3ccc(Cl)nn23)on1. The smallest absolute Gasteiger partial charge is 0.187 e. The fraction of sp³-hybridized carbons (Fsp3) is 0.100. The number of hydrogen-bond donors (Lipinski definition) is 0. The maximum absolute atomic E-state index is 5.83. The average molecular weight is 235 g/mol. The van der Waals surface area contributed by atoms with Gasteiger partial charge in [-0.1, -0.05) is 16.8 Å². The lowest BCUT2D eigenvalue weighted by Crippen LogP contribution is -1.93. The summed E-state index contributed by atoms with van der Waals surface area (Å²) >= 11 is 5.83. The molecule has 0 amide bonds. The molecule has 0 atom stereocenters. The summed E-state index contributed by atoms with van der Waals surface area (Å²) in [6, 6.07) is 5.31. The number of nitrogens with zero attached hydrogens (tertiary/aromatic N) is 4. The van der Waals surface area contributed by atoms with E-state index in [1.165, 1.54) is 0 Å². The van der Waals surface area contributed by atoms with Crippen LogP contribution in [-0.2, 0) is 0 Å². The van der Waals surface area contributed by atoms with Crippen LogP contribution in [0.15, 0.2) is 28.9 Å². The number of imidazole rings is 1. The minimum Gasteiger partial charge on any atom is -0.354 e. The van der Waals surface area contributed by atoms with Crippen LogP contribution in [0.3, 0.4) is 0 Å². The Morgan fingerprint density at radius 2 is 2.25 bits per heavy atom. The third-order valence-electron chi connectivity index (χ3n) is 2.21. The van der Waals surface area contributed by atoms with Crippen LogP contribution in [0, 0.1) is 6.92 Å². The van der Waals surface area contributed by atoms with E-state index in [4.69, 9.17) is 16.1 Å². The first kappa shape index (κ1) is 9.35. The van der Waals surface area contributed by atoms with Gasteiger partial charge in [0.15, 0.2) is 11.4 Å². The van der Waals surface area contributed by atoms with Crippen molar-refractivity contribution in [2.75, 3.05) is 0 Å². The zero-order chi connectivity index (χ0) is 11.1. The first-order chi connectivity index (χ1) is 7.74. The Morgan fingerprint density at radius 3 is 3.00 bits per heavy atom. The predicted octanol–water partition coefficient (Wildman–Crippen LogP) is 2.35. The summed E-state index contributed by atoms with van der Waals surface area (Å²) in [6.07, 6.45) is 1.68. The lowest BCUT2D eigenvalue weighted by molar-refractivity contribution is 0.425. The van der Waals surface area contributed by atoms with Crippen LogP contribution < -0.4 is 0 Å². The number of rotatable bonds is 1. The Balaban J connectivity index is 2.27. The summed E-state index contributed by atoms with van der Waals surface area (Å²) in [4.78, 5) is 4.20. The summed E-state index contributed by atoms with van der Waals surface area (Å²) < 4.78 is 6.79. The van der Waals surface area contributed by atoms with Gasteiger partial charge in [-0.15, -0.1) is 0 Å². The molecular weight excluding hydrogens is 228 g/mol. The van der Waals surface area contributed by atoms with Gasteiger partial charge in [0.1, 0.15) is 10.8 Å². The van der Waals surface area contributed by atoms with E-state index in [1.54, 1.807) is 22.8 Å². The van der Waals surface area contributed by atoms with Crippen molar-refractivity contribution in [2.45, 2.75) is 6.92 Å². The number of aryl methyl sites for hydroxylation is 1. The largest absolute Gasteiger partial charge is 0.354 e. The van der Waals surface area contributed by atoms with Crippen LogP contribution in [0.25, 0.3) is 17.1 Å². The standard InChI is InChI=1S/C10H7ClN4O/c1-6-4-8(16-14-6)7-5-12-10-3-2-9(11)13-15(7)10/h2-5H,1H3. The maximum Gasteiger partial charge on any atom is 0.187 e. The Bertz CT molecular complexity index is 658. The monoisotopic (exact) mass is 234 g/mol. The van der Waals surface area contributed by atoms with Gasteiger partial charge < -0.3 is 4.52 Å². The van der Waals surface area contributed by atoms with Crippen molar-refractivity contribution in [2.24, 2.45) is 0 Å². The van der Waals surface area contributed by atoms with E-state index in [0.29, 0.717) is 16.6 Å². The summed E-state index contributed by atoms with van der Waals surface area (Å²) in [6.45, 7) is 1.86. The molecule has 3 rings (SSSR count). The number of fused-ring (bicyclic) bond motifs is 1. The summed E-state index contributed by atoms with van der Waals surface area (Å²) in [7, 11) is 0. The van der Waals surface area contributed by atoms with Crippen molar-refractivity contribution in [3.05, 3.63) is 35.2 Å². The molecule has 0 fully saturated rings. The highest BCUT2D eigenvalue weighted by molar-refractivity contribution is 6.29. The van der Waals surface area contributed by atoms with Crippen molar-refractivity contribution in [1.82, 2.24) is 19.8 Å². The van der Waals surface area contributed by atoms with E-state index in [-0.39, 0.29) is 0 Å². The number of halogens is 1. The zero-order valence-corrected chi connectivity index (χ0v) is 9.14. The molecule has 0 saturated heterocycles. The van der Waals surface area contributed by atoms with Gasteiger partial charge in [0.2, 0.25) is 0 Å². The molecule has 0 aliphatic rings. The van der Waals surface area contributed by atoms with Crippen molar-refractivity contribution < 1.29 is 4.52 Å². The molecule has 0 spiro atoms. The second kappa shape index (κ2) is 3.31. The fourth-order valence-electron chi connectivity index (χ4n) is 1.50. The van der Waals surface area contributed by atoms with Crippen LogP contribution in [-0.4, -0.2) is 19.8 Å². The van der Waals surface area contributed by atoms with Gasteiger partial charge >= 0.3 is 0 Å². The van der Waals surface area contributed by atoms with Crippen LogP contribution in [0.5, 0.6) is 0 Å². The molecule has 3 heterocycles. The second-order valence-corrected chi connectivity index (χ2v) is 3.79. The summed E-state index contributed by atoms with van der Waals surface area (Å²) in [5.41, 5.74) is 2.26. The molecule has 0 saturated carbocycles. The molecule has 0 aromatic carbocycles. The quantitative estimate of drug-likeness (QED) is 0.649. The van der Waals surface area contributed by atoms with Gasteiger partial charge in [-0.2, -0.15) is 5.10 Å². The van der Waals surface area contributed by atoms with Crippen molar-refractivity contribution in [1.29, 1.82) is 0 Å². The Hall–Kier alpha value is -1.88. The Labute approximate surface area is 95.6 Å². The van der Waals surface area contributed by atoms with Gasteiger partial charge in [-0.3, -0.25) is 0 Å². The number of hydrogen-bond acceptors (Lipinski definition) is 4. The first-order valence-corrected chi connectivity index (χ1v) is 5.06. The van der Waals surface area contributed by atoms with E-state index in [1.807, 2.05) is 13.0 Å². The van der Waals surface area contributed by atoms with Gasteiger partial charge in [0, 0.05) is 6.07 Å². The minimum absolute atomic E-state index is 0.406. The van der Waals surface area contributed by atoms with Crippen LogP contribution in [0.4, 0.5) is 0 Å².